The van der Waals surface area contributed by atoms with Gasteiger partial charge in [0.05, 0.1) is 4.90 Å². The summed E-state index contributed by atoms with van der Waals surface area (Å²) in [6.07, 6.45) is 2.90. The number of allylic oxidation sites excluding steroid dienone is 1. The minimum absolute atomic E-state index is 0.153. The number of sulfonamides is 1. The molecule has 0 heterocycles. The molecule has 82 valence electrons. The average molecular weight is 225 g/mol. The fourth-order valence-electron chi connectivity index (χ4n) is 1.17. The molecule has 0 spiro atoms. The summed E-state index contributed by atoms with van der Waals surface area (Å²) in [5.74, 6) is 0. The Labute approximate surface area is 90.7 Å². The van der Waals surface area contributed by atoms with Gasteiger partial charge in [-0.25, -0.2) is 13.6 Å². The molecule has 1 aromatic rings. The molecule has 1 aromatic carbocycles. The van der Waals surface area contributed by atoms with E-state index in [1.165, 1.54) is 11.6 Å². The van der Waals surface area contributed by atoms with E-state index in [1.807, 2.05) is 19.1 Å². The first-order valence-corrected chi connectivity index (χ1v) is 6.28. The van der Waals surface area contributed by atoms with Gasteiger partial charge in [0.15, 0.2) is 0 Å². The lowest BCUT2D eigenvalue weighted by molar-refractivity contribution is 0.598. The smallest absolute Gasteiger partial charge is 0.225 e. The van der Waals surface area contributed by atoms with Crippen molar-refractivity contribution in [3.05, 3.63) is 35.4 Å². The van der Waals surface area contributed by atoms with Crippen LogP contribution in [0.25, 0.3) is 6.08 Å². The molecule has 15 heavy (non-hydrogen) atoms. The third-order valence-electron chi connectivity index (χ3n) is 2.16. The Morgan fingerprint density at radius 1 is 1.47 bits per heavy atom. The minimum Gasteiger partial charge on any atom is -0.225 e. The fraction of sp³-hybridized carbons (Fsp3) is 0.273. The van der Waals surface area contributed by atoms with Gasteiger partial charge in [-0.05, 0) is 31.0 Å². The topological polar surface area (TPSA) is 60.2 Å². The second kappa shape index (κ2) is 4.59. The van der Waals surface area contributed by atoms with E-state index in [-0.39, 0.29) is 4.90 Å². The summed E-state index contributed by atoms with van der Waals surface area (Å²) >= 11 is 0. The van der Waals surface area contributed by atoms with Gasteiger partial charge in [-0.3, -0.25) is 0 Å². The van der Waals surface area contributed by atoms with Gasteiger partial charge in [0.1, 0.15) is 0 Å². The summed E-state index contributed by atoms with van der Waals surface area (Å²) in [6.45, 7) is 4.05. The van der Waals surface area contributed by atoms with Crippen molar-refractivity contribution < 1.29 is 8.42 Å². The summed E-state index contributed by atoms with van der Waals surface area (Å²) in [5, 5.41) is 5.04. The zero-order chi connectivity index (χ0) is 11.5. The predicted octanol–water partition coefficient (Wildman–Crippen LogP) is 2.15. The van der Waals surface area contributed by atoms with Gasteiger partial charge in [0.2, 0.25) is 10.0 Å². The molecule has 0 saturated heterocycles. The Kier molecular flexibility index (Phi) is 3.66. The van der Waals surface area contributed by atoms with Crippen molar-refractivity contribution in [1.82, 2.24) is 0 Å². The van der Waals surface area contributed by atoms with E-state index < -0.39 is 10.0 Å². The molecule has 2 N–H and O–H groups in total. The second-order valence-electron chi connectivity index (χ2n) is 3.46. The first kappa shape index (κ1) is 11.9. The van der Waals surface area contributed by atoms with Crippen molar-refractivity contribution in [1.29, 1.82) is 0 Å². The zero-order valence-corrected chi connectivity index (χ0v) is 9.71. The van der Waals surface area contributed by atoms with Crippen molar-refractivity contribution in [2.75, 3.05) is 0 Å². The number of hydrogen-bond acceptors (Lipinski definition) is 2. The van der Waals surface area contributed by atoms with Crippen LogP contribution < -0.4 is 5.14 Å². The molecule has 1 rings (SSSR count). The van der Waals surface area contributed by atoms with Gasteiger partial charge < -0.3 is 0 Å². The molecule has 3 nitrogen and oxygen atoms in total. The van der Waals surface area contributed by atoms with Crippen LogP contribution in [-0.4, -0.2) is 8.42 Å². The van der Waals surface area contributed by atoms with E-state index in [1.54, 1.807) is 12.1 Å². The Bertz CT molecular complexity index is 475. The van der Waals surface area contributed by atoms with Crippen molar-refractivity contribution in [2.24, 2.45) is 5.14 Å². The molecule has 0 unspecified atom stereocenters. The van der Waals surface area contributed by atoms with Crippen LogP contribution in [0.3, 0.4) is 0 Å². The van der Waals surface area contributed by atoms with Crippen molar-refractivity contribution >= 4 is 16.1 Å². The Balaban J connectivity index is 3.15. The monoisotopic (exact) mass is 225 g/mol. The highest BCUT2D eigenvalue weighted by Gasteiger charge is 2.06. The molecular formula is C11H15NO2S. The molecule has 0 fully saturated rings. The molecule has 4 heteroatoms. The van der Waals surface area contributed by atoms with Gasteiger partial charge in [-0.2, -0.15) is 0 Å². The molecule has 0 amide bonds. The Hall–Kier alpha value is -1.13. The predicted molar refractivity (Wildman–Crippen MR) is 61.8 cm³/mol. The van der Waals surface area contributed by atoms with E-state index >= 15 is 0 Å². The zero-order valence-electron chi connectivity index (χ0n) is 8.90. The molecule has 0 radical (unpaired) electrons. The summed E-state index contributed by atoms with van der Waals surface area (Å²) in [7, 11) is -3.60. The largest absolute Gasteiger partial charge is 0.238 e. The van der Waals surface area contributed by atoms with Crippen molar-refractivity contribution in [2.45, 2.75) is 25.2 Å². The van der Waals surface area contributed by atoms with Crippen LogP contribution in [0.2, 0.25) is 0 Å². The summed E-state index contributed by atoms with van der Waals surface area (Å²) in [5.41, 5.74) is 2.06. The third kappa shape index (κ3) is 3.49. The van der Waals surface area contributed by atoms with E-state index in [9.17, 15) is 8.42 Å². The maximum atomic E-state index is 11.1. The van der Waals surface area contributed by atoms with Crippen molar-refractivity contribution in [3.8, 4) is 0 Å². The van der Waals surface area contributed by atoms with Gasteiger partial charge >= 0.3 is 0 Å². The summed E-state index contributed by atoms with van der Waals surface area (Å²) in [4.78, 5) is 0.153. The van der Waals surface area contributed by atoms with Crippen LogP contribution in [-0.2, 0) is 10.0 Å². The normalized spacial score (nSPS) is 12.9. The Morgan fingerprint density at radius 3 is 2.67 bits per heavy atom. The van der Waals surface area contributed by atoms with Crippen LogP contribution in [0.5, 0.6) is 0 Å². The fourth-order valence-corrected chi connectivity index (χ4v) is 1.74. The lowest BCUT2D eigenvalue weighted by atomic mass is 10.1. The summed E-state index contributed by atoms with van der Waals surface area (Å²) < 4.78 is 22.2. The maximum Gasteiger partial charge on any atom is 0.238 e. The first-order chi connectivity index (χ1) is 6.93. The number of primary sulfonamides is 1. The first-order valence-electron chi connectivity index (χ1n) is 4.73. The number of nitrogens with two attached hydrogens (primary N) is 1. The van der Waals surface area contributed by atoms with Crippen LogP contribution in [0.4, 0.5) is 0 Å². The van der Waals surface area contributed by atoms with Gasteiger partial charge in [-0.15, -0.1) is 0 Å². The number of benzene rings is 1. The van der Waals surface area contributed by atoms with Gasteiger partial charge in [0, 0.05) is 0 Å². The quantitative estimate of drug-likeness (QED) is 0.856. The lowest BCUT2D eigenvalue weighted by Crippen LogP contribution is -2.11. The highest BCUT2D eigenvalue weighted by Crippen LogP contribution is 2.13. The van der Waals surface area contributed by atoms with Crippen LogP contribution in [0.15, 0.2) is 34.7 Å². The standard InChI is InChI=1S/C11H15NO2S/c1-3-9(2)7-10-5-4-6-11(8-10)15(12,13)14/h4-8H,3H2,1-2H3,(H2,12,13,14)/b9-7-. The molecule has 0 bridgehead atoms. The molecule has 0 saturated carbocycles. The van der Waals surface area contributed by atoms with Gasteiger partial charge in [0.25, 0.3) is 0 Å². The Morgan fingerprint density at radius 2 is 2.13 bits per heavy atom. The molecule has 0 aliphatic heterocycles. The second-order valence-corrected chi connectivity index (χ2v) is 5.02. The van der Waals surface area contributed by atoms with E-state index in [4.69, 9.17) is 5.14 Å². The lowest BCUT2D eigenvalue weighted by Gasteiger charge is -2.01. The SMILES string of the molecule is CC/C(C)=C\c1cccc(S(N)(=O)=O)c1. The molecule has 0 aliphatic rings. The highest BCUT2D eigenvalue weighted by atomic mass is 32.2. The molecular weight excluding hydrogens is 210 g/mol. The van der Waals surface area contributed by atoms with E-state index in [0.717, 1.165) is 12.0 Å². The summed E-state index contributed by atoms with van der Waals surface area (Å²) in [6, 6.07) is 6.62. The number of rotatable bonds is 3. The van der Waals surface area contributed by atoms with Crippen LogP contribution in [0.1, 0.15) is 25.8 Å². The minimum atomic E-state index is -3.60. The van der Waals surface area contributed by atoms with Gasteiger partial charge in [-0.1, -0.05) is 30.7 Å². The van der Waals surface area contributed by atoms with E-state index in [2.05, 4.69) is 6.92 Å². The highest BCUT2D eigenvalue weighted by molar-refractivity contribution is 7.89. The van der Waals surface area contributed by atoms with Crippen molar-refractivity contribution in [3.63, 3.8) is 0 Å². The molecule has 0 atom stereocenters. The average Bonchev–Trinajstić information content (AvgIpc) is 2.17. The number of hydrogen-bond donors (Lipinski definition) is 1. The van der Waals surface area contributed by atoms with Crippen LogP contribution in [0, 0.1) is 0 Å². The molecule has 0 aromatic heterocycles. The third-order valence-corrected chi connectivity index (χ3v) is 3.07. The van der Waals surface area contributed by atoms with Crippen LogP contribution >= 0.6 is 0 Å². The molecule has 0 aliphatic carbocycles. The van der Waals surface area contributed by atoms with E-state index in [0.29, 0.717) is 0 Å². The maximum absolute atomic E-state index is 11.1.